The highest BCUT2D eigenvalue weighted by molar-refractivity contribution is 5.94. The third-order valence-corrected chi connectivity index (χ3v) is 5.29. The van der Waals surface area contributed by atoms with E-state index in [1.807, 2.05) is 0 Å². The van der Waals surface area contributed by atoms with Crippen molar-refractivity contribution in [2.45, 2.75) is 65.7 Å². The normalized spacial score (nSPS) is 12.4. The average Bonchev–Trinajstić information content (AvgIpc) is 2.83. The number of carbonyl (C=O) groups is 3. The molecule has 1 N–H and O–H groups in total. The van der Waals surface area contributed by atoms with E-state index in [0.29, 0.717) is 10.4 Å². The number of hydrazine groups is 1. The number of aliphatic carboxylic acids is 1. The Morgan fingerprint density at radius 2 is 1.55 bits per heavy atom. The van der Waals surface area contributed by atoms with Crippen LogP contribution in [0.15, 0.2) is 54.9 Å². The number of rotatable bonds is 7. The Labute approximate surface area is 232 Å². The number of carboxylic acid groups (broad SMARTS) is 1. The molecule has 0 saturated heterocycles. The number of imide groups is 1. The van der Waals surface area contributed by atoms with Gasteiger partial charge in [-0.25, -0.2) is 18.8 Å². The molecule has 1 atom stereocenters. The van der Waals surface area contributed by atoms with Crippen LogP contribution in [0.5, 0.6) is 5.75 Å². The number of fused-ring (bicyclic) bond motifs is 1. The number of carbonyl (C=O) groups excluding carboxylic acids is 2. The van der Waals surface area contributed by atoms with Crippen LogP contribution in [0.4, 0.5) is 19.7 Å². The minimum absolute atomic E-state index is 0.0318. The molecule has 2 amide bonds. The quantitative estimate of drug-likeness (QED) is 0.326. The van der Waals surface area contributed by atoms with Crippen LogP contribution in [0.2, 0.25) is 0 Å². The highest BCUT2D eigenvalue weighted by atomic mass is 19.1. The number of hydrogen-bond acceptors (Lipinski definition) is 8. The van der Waals surface area contributed by atoms with Gasteiger partial charge >= 0.3 is 18.2 Å². The summed E-state index contributed by atoms with van der Waals surface area (Å²) < 4.78 is 30.9. The molecule has 0 aliphatic heterocycles. The predicted octanol–water partition coefficient (Wildman–Crippen LogP) is 6.49. The number of ether oxygens (including phenoxy) is 3. The number of aromatic nitrogens is 1. The Balaban J connectivity index is 2.33. The smallest absolute Gasteiger partial charge is 0.439 e. The summed E-state index contributed by atoms with van der Waals surface area (Å²) in [6.45, 7) is 11.4. The van der Waals surface area contributed by atoms with Gasteiger partial charge in [0.2, 0.25) is 0 Å². The SMILES string of the molecule is CCOc1cc(C(C(=O)O)N(c2ccc3cnccc3c2)N(C(=O)OC(C)(C)C)C(=O)OC(C)(C)C)ccc1F. The molecule has 0 aliphatic carbocycles. The summed E-state index contributed by atoms with van der Waals surface area (Å²) in [5.74, 6) is -2.33. The second-order valence-corrected chi connectivity index (χ2v) is 10.9. The van der Waals surface area contributed by atoms with Crippen molar-refractivity contribution in [2.75, 3.05) is 11.6 Å². The topological polar surface area (TPSA) is 119 Å². The van der Waals surface area contributed by atoms with Crippen molar-refractivity contribution in [1.82, 2.24) is 9.99 Å². The highest BCUT2D eigenvalue weighted by Crippen LogP contribution is 2.35. The van der Waals surface area contributed by atoms with Crippen LogP contribution in [0.1, 0.15) is 60.1 Å². The van der Waals surface area contributed by atoms with E-state index >= 15 is 0 Å². The van der Waals surface area contributed by atoms with Gasteiger partial charge in [-0.05, 0) is 89.7 Å². The zero-order chi connectivity index (χ0) is 29.8. The van der Waals surface area contributed by atoms with E-state index in [1.54, 1.807) is 79.1 Å². The molecule has 0 fully saturated rings. The van der Waals surface area contributed by atoms with Gasteiger partial charge in [0, 0.05) is 17.8 Å². The summed E-state index contributed by atoms with van der Waals surface area (Å²) in [4.78, 5) is 44.3. The molecule has 0 saturated carbocycles. The van der Waals surface area contributed by atoms with Crippen molar-refractivity contribution in [1.29, 1.82) is 0 Å². The molecule has 214 valence electrons. The summed E-state index contributed by atoms with van der Waals surface area (Å²) in [5.41, 5.74) is -1.92. The second kappa shape index (κ2) is 11.8. The molecule has 3 aromatic rings. The second-order valence-electron chi connectivity index (χ2n) is 10.9. The summed E-state index contributed by atoms with van der Waals surface area (Å²) >= 11 is 0. The van der Waals surface area contributed by atoms with Crippen molar-refractivity contribution in [3.05, 3.63) is 66.2 Å². The number of anilines is 1. The molecule has 1 aromatic heterocycles. The average molecular weight is 556 g/mol. The van der Waals surface area contributed by atoms with Crippen LogP contribution >= 0.6 is 0 Å². The Morgan fingerprint density at radius 1 is 0.925 bits per heavy atom. The van der Waals surface area contributed by atoms with E-state index in [0.717, 1.165) is 16.5 Å². The van der Waals surface area contributed by atoms with Gasteiger partial charge < -0.3 is 19.3 Å². The first-order chi connectivity index (χ1) is 18.6. The summed E-state index contributed by atoms with van der Waals surface area (Å²) in [7, 11) is 0. The zero-order valence-electron chi connectivity index (χ0n) is 23.6. The number of amides is 2. The lowest BCUT2D eigenvalue weighted by atomic mass is 10.0. The Hall–Kier alpha value is -4.41. The van der Waals surface area contributed by atoms with E-state index in [2.05, 4.69) is 4.98 Å². The number of nitrogens with zero attached hydrogens (tertiary/aromatic N) is 3. The van der Waals surface area contributed by atoms with Crippen LogP contribution in [-0.2, 0) is 14.3 Å². The first kappa shape index (κ1) is 30.1. The molecule has 0 radical (unpaired) electrons. The Morgan fingerprint density at radius 3 is 2.10 bits per heavy atom. The highest BCUT2D eigenvalue weighted by Gasteiger charge is 2.43. The fraction of sp³-hybridized carbons (Fsp3) is 0.379. The predicted molar refractivity (Wildman–Crippen MR) is 146 cm³/mol. The maximum atomic E-state index is 14.5. The fourth-order valence-corrected chi connectivity index (χ4v) is 3.80. The van der Waals surface area contributed by atoms with Crippen molar-refractivity contribution in [3.63, 3.8) is 0 Å². The largest absolute Gasteiger partial charge is 0.491 e. The number of halogens is 1. The summed E-state index contributed by atoms with van der Waals surface area (Å²) in [5, 5.41) is 13.4. The minimum Gasteiger partial charge on any atom is -0.491 e. The lowest BCUT2D eigenvalue weighted by Gasteiger charge is -2.39. The van der Waals surface area contributed by atoms with Crippen molar-refractivity contribution >= 4 is 34.6 Å². The molecule has 40 heavy (non-hydrogen) atoms. The molecule has 11 heteroatoms. The third-order valence-electron chi connectivity index (χ3n) is 5.29. The van der Waals surface area contributed by atoms with Gasteiger partial charge in [-0.3, -0.25) is 9.99 Å². The van der Waals surface area contributed by atoms with Gasteiger partial charge in [0.05, 0.1) is 12.3 Å². The van der Waals surface area contributed by atoms with E-state index < -0.39 is 41.2 Å². The Bertz CT molecular complexity index is 1370. The molecule has 0 aliphatic rings. The lowest BCUT2D eigenvalue weighted by molar-refractivity contribution is -0.139. The molecule has 10 nitrogen and oxygen atoms in total. The van der Waals surface area contributed by atoms with Crippen molar-refractivity contribution in [2.24, 2.45) is 0 Å². The first-order valence-electron chi connectivity index (χ1n) is 12.7. The number of pyridine rings is 1. The van der Waals surface area contributed by atoms with Crippen LogP contribution in [0.25, 0.3) is 10.8 Å². The molecular weight excluding hydrogens is 521 g/mol. The van der Waals surface area contributed by atoms with E-state index in [-0.39, 0.29) is 23.6 Å². The minimum atomic E-state index is -1.72. The van der Waals surface area contributed by atoms with Crippen LogP contribution < -0.4 is 9.75 Å². The Kier molecular flexibility index (Phi) is 8.87. The number of carboxylic acids is 1. The van der Waals surface area contributed by atoms with Crippen molar-refractivity contribution < 1.29 is 38.1 Å². The summed E-state index contributed by atoms with van der Waals surface area (Å²) in [6.07, 6.45) is 0.829. The molecule has 0 bridgehead atoms. The summed E-state index contributed by atoms with van der Waals surface area (Å²) in [6, 6.07) is 8.31. The molecule has 1 heterocycles. The fourth-order valence-electron chi connectivity index (χ4n) is 3.80. The van der Waals surface area contributed by atoms with Gasteiger partial charge in [0.15, 0.2) is 17.6 Å². The molecule has 2 aromatic carbocycles. The van der Waals surface area contributed by atoms with E-state index in [1.165, 1.54) is 18.2 Å². The lowest BCUT2D eigenvalue weighted by Crippen LogP contribution is -2.56. The van der Waals surface area contributed by atoms with Crippen LogP contribution in [-0.4, -0.2) is 51.1 Å². The maximum Gasteiger partial charge on any atom is 0.439 e. The van der Waals surface area contributed by atoms with Crippen LogP contribution in [0.3, 0.4) is 0 Å². The third kappa shape index (κ3) is 7.37. The van der Waals surface area contributed by atoms with E-state index in [4.69, 9.17) is 14.2 Å². The molecular formula is C29H34FN3O7. The van der Waals surface area contributed by atoms with Gasteiger partial charge in [-0.2, -0.15) is 0 Å². The van der Waals surface area contributed by atoms with Gasteiger partial charge in [-0.1, -0.05) is 12.1 Å². The molecule has 3 rings (SSSR count). The van der Waals surface area contributed by atoms with Gasteiger partial charge in [0.1, 0.15) is 11.2 Å². The van der Waals surface area contributed by atoms with Crippen LogP contribution in [0, 0.1) is 5.82 Å². The maximum absolute atomic E-state index is 14.5. The molecule has 0 spiro atoms. The van der Waals surface area contributed by atoms with Crippen molar-refractivity contribution in [3.8, 4) is 5.75 Å². The van der Waals surface area contributed by atoms with Gasteiger partial charge in [0.25, 0.3) is 0 Å². The monoisotopic (exact) mass is 555 g/mol. The molecule has 1 unspecified atom stereocenters. The zero-order valence-corrected chi connectivity index (χ0v) is 23.6. The van der Waals surface area contributed by atoms with Gasteiger partial charge in [-0.15, -0.1) is 5.01 Å². The number of benzene rings is 2. The van der Waals surface area contributed by atoms with E-state index in [9.17, 15) is 23.9 Å². The first-order valence-corrected chi connectivity index (χ1v) is 12.7. The standard InChI is InChI=1S/C29H34FN3O7/c1-8-38-23-16-19(10-12-22(23)30)24(25(34)35)32(21-11-9-20-17-31-14-13-18(20)15-21)33(26(36)39-28(2,3)4)27(37)40-29(5,6)7/h9-17,24H,8H2,1-7H3,(H,34,35). The number of hydrogen-bond donors (Lipinski definition) is 1.